The Labute approximate surface area is 174 Å². The van der Waals surface area contributed by atoms with Crippen LogP contribution < -0.4 is 0 Å². The van der Waals surface area contributed by atoms with Crippen LogP contribution in [0.5, 0.6) is 0 Å². The van der Waals surface area contributed by atoms with Gasteiger partial charge in [0.05, 0.1) is 17.0 Å². The number of thioether (sulfide) groups is 1. The molecule has 142 valence electrons. The molecular weight excluding hydrogens is 447 g/mol. The molecule has 0 radical (unpaired) electrons. The SMILES string of the molecule is FC(F)(F)c1ccc(C(C=CSc2cccc(Br)c2)=Nc2ccccc2)cc1. The van der Waals surface area contributed by atoms with Gasteiger partial charge in [0.25, 0.3) is 0 Å². The third-order valence-electron chi connectivity index (χ3n) is 3.74. The number of hydrogen-bond acceptors (Lipinski definition) is 2. The molecule has 0 aromatic heterocycles. The maximum absolute atomic E-state index is 12.8. The summed E-state index contributed by atoms with van der Waals surface area (Å²) in [5.74, 6) is 0. The topological polar surface area (TPSA) is 12.4 Å². The fourth-order valence-corrected chi connectivity index (χ4v) is 3.64. The summed E-state index contributed by atoms with van der Waals surface area (Å²) >= 11 is 4.94. The van der Waals surface area contributed by atoms with Crippen LogP contribution in [0, 0.1) is 0 Å². The fourth-order valence-electron chi connectivity index (χ4n) is 2.39. The van der Waals surface area contributed by atoms with E-state index in [4.69, 9.17) is 0 Å². The van der Waals surface area contributed by atoms with Crippen molar-refractivity contribution < 1.29 is 13.2 Å². The molecule has 0 saturated carbocycles. The van der Waals surface area contributed by atoms with Crippen molar-refractivity contribution >= 4 is 39.1 Å². The molecule has 0 saturated heterocycles. The van der Waals surface area contributed by atoms with Gasteiger partial charge in [0.1, 0.15) is 0 Å². The van der Waals surface area contributed by atoms with Crippen molar-refractivity contribution in [3.8, 4) is 0 Å². The van der Waals surface area contributed by atoms with E-state index in [0.717, 1.165) is 27.2 Å². The minimum absolute atomic E-state index is 0.586. The van der Waals surface area contributed by atoms with Crippen LogP contribution >= 0.6 is 27.7 Å². The third kappa shape index (κ3) is 5.84. The molecule has 0 bridgehead atoms. The van der Waals surface area contributed by atoms with Gasteiger partial charge < -0.3 is 0 Å². The van der Waals surface area contributed by atoms with Gasteiger partial charge in [-0.25, -0.2) is 4.99 Å². The summed E-state index contributed by atoms with van der Waals surface area (Å²) in [6, 6.07) is 22.2. The smallest absolute Gasteiger partial charge is 0.248 e. The largest absolute Gasteiger partial charge is 0.416 e. The van der Waals surface area contributed by atoms with E-state index in [1.54, 1.807) is 6.08 Å². The molecule has 3 rings (SSSR count). The Morgan fingerprint density at radius 3 is 2.25 bits per heavy atom. The van der Waals surface area contributed by atoms with Gasteiger partial charge in [0.2, 0.25) is 0 Å². The van der Waals surface area contributed by atoms with Crippen LogP contribution in [-0.2, 0) is 6.18 Å². The molecular formula is C22H15BrF3NS. The predicted molar refractivity (Wildman–Crippen MR) is 113 cm³/mol. The van der Waals surface area contributed by atoms with Gasteiger partial charge in [0.15, 0.2) is 0 Å². The molecule has 0 aliphatic carbocycles. The zero-order valence-electron chi connectivity index (χ0n) is 14.5. The number of alkyl halides is 3. The van der Waals surface area contributed by atoms with E-state index in [1.165, 1.54) is 23.9 Å². The van der Waals surface area contributed by atoms with Crippen LogP contribution in [-0.4, -0.2) is 5.71 Å². The average Bonchev–Trinajstić information content (AvgIpc) is 2.67. The fraction of sp³-hybridized carbons (Fsp3) is 0.0455. The first-order chi connectivity index (χ1) is 13.4. The molecule has 0 aliphatic heterocycles. The predicted octanol–water partition coefficient (Wildman–Crippen LogP) is 7.89. The number of halogens is 4. The second-order valence-electron chi connectivity index (χ2n) is 5.79. The van der Waals surface area contributed by atoms with Gasteiger partial charge in [-0.2, -0.15) is 13.2 Å². The average molecular weight is 462 g/mol. The van der Waals surface area contributed by atoms with E-state index < -0.39 is 11.7 Å². The van der Waals surface area contributed by atoms with E-state index in [-0.39, 0.29) is 0 Å². The summed E-state index contributed by atoms with van der Waals surface area (Å²) in [6.45, 7) is 0. The Morgan fingerprint density at radius 2 is 1.61 bits per heavy atom. The first-order valence-electron chi connectivity index (χ1n) is 8.32. The number of nitrogens with zero attached hydrogens (tertiary/aromatic N) is 1. The van der Waals surface area contributed by atoms with Gasteiger partial charge in [-0.1, -0.05) is 64.1 Å². The zero-order chi connectivity index (χ0) is 20.0. The lowest BCUT2D eigenvalue weighted by Gasteiger charge is -2.08. The van der Waals surface area contributed by atoms with Gasteiger partial charge in [-0.3, -0.25) is 0 Å². The number of hydrogen-bond donors (Lipinski definition) is 0. The van der Waals surface area contributed by atoms with Crippen molar-refractivity contribution in [1.29, 1.82) is 0 Å². The van der Waals surface area contributed by atoms with Gasteiger partial charge in [-0.05, 0) is 53.9 Å². The standard InChI is InChI=1S/C22H15BrF3NS/c23-18-5-4-8-20(15-18)28-14-13-21(27-19-6-2-1-3-7-19)16-9-11-17(12-10-16)22(24,25)26/h1-15H. The molecule has 28 heavy (non-hydrogen) atoms. The summed E-state index contributed by atoms with van der Waals surface area (Å²) in [5, 5.41) is 1.88. The maximum Gasteiger partial charge on any atom is 0.416 e. The zero-order valence-corrected chi connectivity index (χ0v) is 16.9. The van der Waals surface area contributed by atoms with Crippen molar-refractivity contribution in [2.45, 2.75) is 11.1 Å². The monoisotopic (exact) mass is 461 g/mol. The minimum Gasteiger partial charge on any atom is -0.248 e. The minimum atomic E-state index is -4.36. The molecule has 0 aliphatic rings. The van der Waals surface area contributed by atoms with Gasteiger partial charge in [-0.15, -0.1) is 0 Å². The third-order valence-corrected chi connectivity index (χ3v) is 5.03. The normalized spacial score (nSPS) is 12.5. The molecule has 0 heterocycles. The summed E-state index contributed by atoms with van der Waals surface area (Å²) in [4.78, 5) is 5.63. The molecule has 0 fully saturated rings. The number of para-hydroxylation sites is 1. The molecule has 0 N–H and O–H groups in total. The lowest BCUT2D eigenvalue weighted by Crippen LogP contribution is -2.05. The van der Waals surface area contributed by atoms with Crippen LogP contribution in [0.1, 0.15) is 11.1 Å². The van der Waals surface area contributed by atoms with Crippen LogP contribution in [0.2, 0.25) is 0 Å². The van der Waals surface area contributed by atoms with Crippen molar-refractivity contribution in [1.82, 2.24) is 0 Å². The Morgan fingerprint density at radius 1 is 0.893 bits per heavy atom. The first kappa shape index (κ1) is 20.4. The second kappa shape index (κ2) is 9.26. The number of rotatable bonds is 5. The molecule has 0 spiro atoms. The van der Waals surface area contributed by atoms with Crippen LogP contribution in [0.3, 0.4) is 0 Å². The second-order valence-corrected chi connectivity index (χ2v) is 7.68. The summed E-state index contributed by atoms with van der Waals surface area (Å²) in [7, 11) is 0. The molecule has 0 atom stereocenters. The quantitative estimate of drug-likeness (QED) is 0.277. The van der Waals surface area contributed by atoms with Crippen LogP contribution in [0.15, 0.2) is 105 Å². The maximum atomic E-state index is 12.8. The Balaban J connectivity index is 1.89. The first-order valence-corrected chi connectivity index (χ1v) is 9.99. The number of aliphatic imine (C=N–C) groups is 1. The highest BCUT2D eigenvalue weighted by molar-refractivity contribution is 9.10. The van der Waals surface area contributed by atoms with E-state index in [0.29, 0.717) is 11.3 Å². The van der Waals surface area contributed by atoms with Crippen molar-refractivity contribution in [2.75, 3.05) is 0 Å². The molecule has 6 heteroatoms. The summed E-state index contributed by atoms with van der Waals surface area (Å²) in [5.41, 5.74) is 1.25. The molecule has 1 nitrogen and oxygen atoms in total. The van der Waals surface area contributed by atoms with Crippen LogP contribution in [0.4, 0.5) is 18.9 Å². The van der Waals surface area contributed by atoms with Gasteiger partial charge in [0, 0.05) is 14.9 Å². The molecule has 0 unspecified atom stereocenters. The van der Waals surface area contributed by atoms with Gasteiger partial charge >= 0.3 is 6.18 Å². The Kier molecular flexibility index (Phi) is 6.75. The van der Waals surface area contributed by atoms with E-state index in [9.17, 15) is 13.2 Å². The number of allylic oxidation sites excluding steroid dienone is 1. The van der Waals surface area contributed by atoms with Crippen molar-refractivity contribution in [3.05, 3.63) is 106 Å². The summed E-state index contributed by atoms with van der Waals surface area (Å²) < 4.78 is 39.5. The highest BCUT2D eigenvalue weighted by atomic mass is 79.9. The summed E-state index contributed by atoms with van der Waals surface area (Å²) in [6.07, 6.45) is -2.55. The number of benzene rings is 3. The van der Waals surface area contributed by atoms with E-state index >= 15 is 0 Å². The van der Waals surface area contributed by atoms with Crippen molar-refractivity contribution in [2.24, 2.45) is 4.99 Å². The van der Waals surface area contributed by atoms with E-state index in [2.05, 4.69) is 20.9 Å². The highest BCUT2D eigenvalue weighted by Crippen LogP contribution is 2.29. The highest BCUT2D eigenvalue weighted by Gasteiger charge is 2.30. The lowest BCUT2D eigenvalue weighted by atomic mass is 10.1. The Hall–Kier alpha value is -2.31. The van der Waals surface area contributed by atoms with Crippen molar-refractivity contribution in [3.63, 3.8) is 0 Å². The molecule has 3 aromatic rings. The lowest BCUT2D eigenvalue weighted by molar-refractivity contribution is -0.137. The Bertz CT molecular complexity index is 981. The molecule has 0 amide bonds. The van der Waals surface area contributed by atoms with Crippen LogP contribution in [0.25, 0.3) is 0 Å². The molecule has 3 aromatic carbocycles. The van der Waals surface area contributed by atoms with E-state index in [1.807, 2.05) is 60.0 Å².